The van der Waals surface area contributed by atoms with Gasteiger partial charge in [-0.25, -0.2) is 9.97 Å². The van der Waals surface area contributed by atoms with Gasteiger partial charge in [-0.05, 0) is 38.7 Å². The number of aryl methyl sites for hydroxylation is 2. The Labute approximate surface area is 120 Å². The van der Waals surface area contributed by atoms with Crippen molar-refractivity contribution in [2.24, 2.45) is 0 Å². The third-order valence-corrected chi connectivity index (χ3v) is 3.81. The molecule has 0 saturated carbocycles. The minimum atomic E-state index is 0.811. The zero-order valence-corrected chi connectivity index (χ0v) is 12.2. The molecule has 0 amide bonds. The van der Waals surface area contributed by atoms with Gasteiger partial charge >= 0.3 is 0 Å². The first kappa shape index (κ1) is 13.1. The monoisotopic (exact) mass is 267 g/mol. The summed E-state index contributed by atoms with van der Waals surface area (Å²) in [5.41, 5.74) is 5.14. The molecule has 0 spiro atoms. The van der Waals surface area contributed by atoms with Crippen LogP contribution >= 0.6 is 0 Å². The summed E-state index contributed by atoms with van der Waals surface area (Å²) in [6.07, 6.45) is 4.22. The maximum atomic E-state index is 4.76. The van der Waals surface area contributed by atoms with Crippen molar-refractivity contribution < 1.29 is 0 Å². The van der Waals surface area contributed by atoms with Gasteiger partial charge in [-0.1, -0.05) is 29.8 Å². The smallest absolute Gasteiger partial charge is 0.135 e. The van der Waals surface area contributed by atoms with E-state index in [0.29, 0.717) is 0 Å². The van der Waals surface area contributed by atoms with Crippen LogP contribution in [0.2, 0.25) is 0 Å². The zero-order chi connectivity index (χ0) is 13.9. The maximum absolute atomic E-state index is 4.76. The number of nitrogens with zero attached hydrogens (tertiary/aromatic N) is 2. The Hall–Kier alpha value is -1.90. The van der Waals surface area contributed by atoms with Gasteiger partial charge in [0.05, 0.1) is 0 Å². The van der Waals surface area contributed by atoms with Crippen molar-refractivity contribution in [2.45, 2.75) is 39.5 Å². The molecule has 1 aliphatic rings. The van der Waals surface area contributed by atoms with Crippen molar-refractivity contribution in [1.29, 1.82) is 0 Å². The van der Waals surface area contributed by atoms with Crippen molar-refractivity contribution in [3.05, 3.63) is 52.5 Å². The summed E-state index contributed by atoms with van der Waals surface area (Å²) in [4.78, 5) is 9.49. The number of anilines is 1. The zero-order valence-electron chi connectivity index (χ0n) is 12.2. The third-order valence-electron chi connectivity index (χ3n) is 3.81. The topological polar surface area (TPSA) is 37.8 Å². The normalized spacial score (nSPS) is 13.3. The number of nitrogens with one attached hydrogen (secondary N) is 1. The largest absolute Gasteiger partial charge is 0.370 e. The molecular weight excluding hydrogens is 246 g/mol. The van der Waals surface area contributed by atoms with Crippen LogP contribution in [0, 0.1) is 6.92 Å². The van der Waals surface area contributed by atoms with Crippen LogP contribution in [0.4, 0.5) is 5.82 Å². The van der Waals surface area contributed by atoms with Crippen molar-refractivity contribution in [3.8, 4) is 0 Å². The Kier molecular flexibility index (Phi) is 3.68. The summed E-state index contributed by atoms with van der Waals surface area (Å²) in [6, 6.07) is 8.62. The van der Waals surface area contributed by atoms with Crippen LogP contribution in [0.3, 0.4) is 0 Å². The molecule has 1 aromatic carbocycles. The van der Waals surface area contributed by atoms with Crippen LogP contribution in [-0.2, 0) is 19.3 Å². The van der Waals surface area contributed by atoms with E-state index in [0.717, 1.165) is 37.4 Å². The molecule has 1 aromatic heterocycles. The number of aromatic nitrogens is 2. The third kappa shape index (κ3) is 2.67. The van der Waals surface area contributed by atoms with E-state index in [2.05, 4.69) is 43.4 Å². The Morgan fingerprint density at radius 3 is 2.65 bits per heavy atom. The van der Waals surface area contributed by atoms with Gasteiger partial charge in [-0.15, -0.1) is 0 Å². The van der Waals surface area contributed by atoms with Crippen molar-refractivity contribution in [2.75, 3.05) is 11.9 Å². The molecule has 0 saturated heterocycles. The van der Waals surface area contributed by atoms with Crippen LogP contribution < -0.4 is 5.32 Å². The maximum Gasteiger partial charge on any atom is 0.135 e. The molecule has 104 valence electrons. The Balaban J connectivity index is 1.89. The highest BCUT2D eigenvalue weighted by molar-refractivity contribution is 5.49. The molecule has 20 heavy (non-hydrogen) atoms. The summed E-state index contributed by atoms with van der Waals surface area (Å²) in [5, 5.41) is 3.39. The number of benzene rings is 1. The number of fused-ring (bicyclic) bond motifs is 1. The van der Waals surface area contributed by atoms with E-state index in [-0.39, 0.29) is 0 Å². The van der Waals surface area contributed by atoms with Crippen molar-refractivity contribution in [3.63, 3.8) is 0 Å². The second-order valence-corrected chi connectivity index (χ2v) is 5.46. The minimum absolute atomic E-state index is 0.811. The molecule has 0 radical (unpaired) electrons. The lowest BCUT2D eigenvalue weighted by molar-refractivity contribution is 0.885. The average Bonchev–Trinajstić information content (AvgIpc) is 2.90. The number of rotatable bonds is 4. The van der Waals surface area contributed by atoms with Gasteiger partial charge in [0.2, 0.25) is 0 Å². The van der Waals surface area contributed by atoms with E-state index in [1.165, 1.54) is 28.8 Å². The van der Waals surface area contributed by atoms with Crippen molar-refractivity contribution >= 4 is 5.82 Å². The fraction of sp³-hybridized carbons (Fsp3) is 0.412. The van der Waals surface area contributed by atoms with Crippen LogP contribution in [0.5, 0.6) is 0 Å². The van der Waals surface area contributed by atoms with Gasteiger partial charge in [-0.2, -0.15) is 0 Å². The Morgan fingerprint density at radius 1 is 1.10 bits per heavy atom. The molecule has 0 bridgehead atoms. The molecule has 1 aliphatic carbocycles. The summed E-state index contributed by atoms with van der Waals surface area (Å²) in [6.45, 7) is 5.13. The highest BCUT2D eigenvalue weighted by Gasteiger charge is 2.18. The van der Waals surface area contributed by atoms with Gasteiger partial charge < -0.3 is 5.32 Å². The van der Waals surface area contributed by atoms with Gasteiger partial charge in [0.15, 0.2) is 0 Å². The lowest BCUT2D eigenvalue weighted by Gasteiger charge is -2.11. The van der Waals surface area contributed by atoms with Gasteiger partial charge in [0.25, 0.3) is 0 Å². The summed E-state index contributed by atoms with van der Waals surface area (Å²) < 4.78 is 0. The quantitative estimate of drug-likeness (QED) is 0.923. The molecule has 0 aliphatic heterocycles. The van der Waals surface area contributed by atoms with E-state index in [4.69, 9.17) is 9.97 Å². The number of hydrogen-bond donors (Lipinski definition) is 1. The van der Waals surface area contributed by atoms with Gasteiger partial charge in [-0.3, -0.25) is 0 Å². The molecular formula is C17H21N3. The van der Waals surface area contributed by atoms with Gasteiger partial charge in [0, 0.05) is 24.2 Å². The first-order valence-electron chi connectivity index (χ1n) is 7.44. The minimum Gasteiger partial charge on any atom is -0.370 e. The molecule has 2 aromatic rings. The fourth-order valence-corrected chi connectivity index (χ4v) is 2.76. The molecule has 0 atom stereocenters. The predicted octanol–water partition coefficient (Wildman–Crippen LogP) is 3.30. The van der Waals surface area contributed by atoms with Crippen LogP contribution in [0.1, 0.15) is 41.6 Å². The molecule has 0 fully saturated rings. The van der Waals surface area contributed by atoms with Crippen LogP contribution in [-0.4, -0.2) is 16.5 Å². The highest BCUT2D eigenvalue weighted by atomic mass is 15.0. The molecule has 1 N–H and O–H groups in total. The summed E-state index contributed by atoms with van der Waals surface area (Å²) in [5.74, 6) is 1.99. The lowest BCUT2D eigenvalue weighted by Crippen LogP contribution is -2.08. The molecule has 3 heteroatoms. The summed E-state index contributed by atoms with van der Waals surface area (Å²) in [7, 11) is 0. The van der Waals surface area contributed by atoms with Crippen LogP contribution in [0.25, 0.3) is 0 Å². The predicted molar refractivity (Wildman–Crippen MR) is 82.2 cm³/mol. The molecule has 3 nitrogen and oxygen atoms in total. The number of hydrogen-bond acceptors (Lipinski definition) is 3. The van der Waals surface area contributed by atoms with E-state index in [9.17, 15) is 0 Å². The Bertz CT molecular complexity index is 602. The van der Waals surface area contributed by atoms with E-state index < -0.39 is 0 Å². The fourth-order valence-electron chi connectivity index (χ4n) is 2.76. The van der Waals surface area contributed by atoms with Gasteiger partial charge in [0.1, 0.15) is 11.6 Å². The molecule has 1 heterocycles. The first-order valence-corrected chi connectivity index (χ1v) is 7.44. The van der Waals surface area contributed by atoms with E-state index in [1.807, 2.05) is 0 Å². The van der Waals surface area contributed by atoms with Crippen molar-refractivity contribution in [1.82, 2.24) is 9.97 Å². The Morgan fingerprint density at radius 2 is 1.90 bits per heavy atom. The first-order chi connectivity index (χ1) is 9.76. The average molecular weight is 267 g/mol. The SMILES string of the molecule is CCNc1nc(Cc2ccc(C)cc2)nc2c1CCC2. The standard InChI is InChI=1S/C17H21N3/c1-3-18-17-14-5-4-6-15(14)19-16(20-17)11-13-9-7-12(2)8-10-13/h7-10H,3-6,11H2,1-2H3,(H,18,19,20). The second-order valence-electron chi connectivity index (χ2n) is 5.46. The van der Waals surface area contributed by atoms with E-state index in [1.54, 1.807) is 0 Å². The van der Waals surface area contributed by atoms with Crippen LogP contribution in [0.15, 0.2) is 24.3 Å². The lowest BCUT2D eigenvalue weighted by atomic mass is 10.1. The highest BCUT2D eigenvalue weighted by Crippen LogP contribution is 2.26. The molecule has 3 rings (SSSR count). The molecule has 0 unspecified atom stereocenters. The van der Waals surface area contributed by atoms with E-state index >= 15 is 0 Å². The second kappa shape index (κ2) is 5.61. The summed E-state index contributed by atoms with van der Waals surface area (Å²) >= 11 is 0.